The third-order valence-corrected chi connectivity index (χ3v) is 4.74. The van der Waals surface area contributed by atoms with Crippen LogP contribution in [0.15, 0.2) is 0 Å². The van der Waals surface area contributed by atoms with Gasteiger partial charge in [0.1, 0.15) is 0 Å². The van der Waals surface area contributed by atoms with Crippen LogP contribution in [0.4, 0.5) is 0 Å². The molecule has 20 heavy (non-hydrogen) atoms. The molecule has 5 heteroatoms. The molecular weight excluding hydrogens is 256 g/mol. The number of carbonyl (C=O) groups is 2. The molecule has 1 amide bonds. The summed E-state index contributed by atoms with van der Waals surface area (Å²) >= 11 is 0. The van der Waals surface area contributed by atoms with E-state index in [1.807, 2.05) is 4.90 Å². The predicted molar refractivity (Wildman–Crippen MR) is 76.4 cm³/mol. The number of nitrogens with zero attached hydrogens (tertiary/aromatic N) is 2. The molecule has 1 unspecified atom stereocenters. The van der Waals surface area contributed by atoms with Gasteiger partial charge in [-0.1, -0.05) is 13.3 Å². The number of amides is 1. The fourth-order valence-corrected chi connectivity index (χ4v) is 3.30. The summed E-state index contributed by atoms with van der Waals surface area (Å²) in [5, 5.41) is 8.97. The Morgan fingerprint density at radius 2 is 1.85 bits per heavy atom. The molecule has 2 saturated heterocycles. The zero-order chi connectivity index (χ0) is 14.5. The van der Waals surface area contributed by atoms with E-state index in [0.29, 0.717) is 32.5 Å². The first kappa shape index (κ1) is 15.3. The third-order valence-electron chi connectivity index (χ3n) is 4.74. The van der Waals surface area contributed by atoms with Crippen LogP contribution in [0, 0.1) is 11.8 Å². The van der Waals surface area contributed by atoms with E-state index in [-0.39, 0.29) is 11.8 Å². The molecule has 2 heterocycles. The van der Waals surface area contributed by atoms with Gasteiger partial charge in [0.25, 0.3) is 0 Å². The molecule has 1 atom stereocenters. The Kier molecular flexibility index (Phi) is 5.40. The van der Waals surface area contributed by atoms with Crippen LogP contribution in [0.1, 0.15) is 39.0 Å². The van der Waals surface area contributed by atoms with Crippen LogP contribution < -0.4 is 0 Å². The Morgan fingerprint density at radius 1 is 1.15 bits per heavy atom. The molecule has 0 spiro atoms. The van der Waals surface area contributed by atoms with E-state index in [9.17, 15) is 9.59 Å². The highest BCUT2D eigenvalue weighted by atomic mass is 16.4. The van der Waals surface area contributed by atoms with Gasteiger partial charge in [0, 0.05) is 19.6 Å². The Balaban J connectivity index is 1.76. The van der Waals surface area contributed by atoms with Crippen molar-refractivity contribution in [2.24, 2.45) is 11.8 Å². The van der Waals surface area contributed by atoms with Crippen LogP contribution in [0.2, 0.25) is 0 Å². The van der Waals surface area contributed by atoms with Crippen molar-refractivity contribution in [3.8, 4) is 0 Å². The molecule has 0 saturated carbocycles. The Labute approximate surface area is 120 Å². The van der Waals surface area contributed by atoms with Gasteiger partial charge in [-0.2, -0.15) is 0 Å². The fourth-order valence-electron chi connectivity index (χ4n) is 3.30. The van der Waals surface area contributed by atoms with Crippen molar-refractivity contribution >= 4 is 11.9 Å². The highest BCUT2D eigenvalue weighted by molar-refractivity contribution is 5.79. The summed E-state index contributed by atoms with van der Waals surface area (Å²) in [5.41, 5.74) is 0. The summed E-state index contributed by atoms with van der Waals surface area (Å²) in [6, 6.07) is 0. The summed E-state index contributed by atoms with van der Waals surface area (Å²) in [4.78, 5) is 27.3. The maximum absolute atomic E-state index is 12.3. The monoisotopic (exact) mass is 282 g/mol. The van der Waals surface area contributed by atoms with Crippen molar-refractivity contribution in [2.45, 2.75) is 39.0 Å². The summed E-state index contributed by atoms with van der Waals surface area (Å²) < 4.78 is 0. The van der Waals surface area contributed by atoms with Gasteiger partial charge >= 0.3 is 5.97 Å². The minimum Gasteiger partial charge on any atom is -0.481 e. The van der Waals surface area contributed by atoms with E-state index in [0.717, 1.165) is 19.0 Å². The normalized spacial score (nSPS) is 25.6. The number of hydrogen-bond acceptors (Lipinski definition) is 3. The number of carboxylic acid groups (broad SMARTS) is 1. The molecule has 0 radical (unpaired) electrons. The van der Waals surface area contributed by atoms with Gasteiger partial charge in [-0.25, -0.2) is 0 Å². The van der Waals surface area contributed by atoms with E-state index in [1.54, 1.807) is 0 Å². The lowest BCUT2D eigenvalue weighted by Crippen LogP contribution is -2.47. The van der Waals surface area contributed by atoms with Gasteiger partial charge in [-0.05, 0) is 38.1 Å². The van der Waals surface area contributed by atoms with Crippen molar-refractivity contribution in [2.75, 3.05) is 32.7 Å². The Hall–Kier alpha value is -1.10. The second-order valence-corrected chi connectivity index (χ2v) is 6.14. The lowest BCUT2D eigenvalue weighted by atomic mass is 9.95. The number of piperidine rings is 2. The van der Waals surface area contributed by atoms with Crippen LogP contribution >= 0.6 is 0 Å². The van der Waals surface area contributed by atoms with E-state index in [1.165, 1.54) is 19.3 Å². The average molecular weight is 282 g/mol. The predicted octanol–water partition coefficient (Wildman–Crippen LogP) is 1.43. The number of rotatable bonds is 4. The van der Waals surface area contributed by atoms with Crippen LogP contribution in [0.25, 0.3) is 0 Å². The number of aliphatic carboxylic acids is 1. The lowest BCUT2D eigenvalue weighted by Gasteiger charge is -2.35. The van der Waals surface area contributed by atoms with Crippen LogP contribution in [0.5, 0.6) is 0 Å². The molecule has 114 valence electrons. The summed E-state index contributed by atoms with van der Waals surface area (Å²) in [6.45, 7) is 5.98. The van der Waals surface area contributed by atoms with E-state index in [4.69, 9.17) is 5.11 Å². The van der Waals surface area contributed by atoms with Gasteiger partial charge in [0.15, 0.2) is 0 Å². The number of carboxylic acids is 1. The number of hydrogen-bond donors (Lipinski definition) is 1. The van der Waals surface area contributed by atoms with Gasteiger partial charge in [-0.15, -0.1) is 0 Å². The smallest absolute Gasteiger partial charge is 0.306 e. The first-order chi connectivity index (χ1) is 9.60. The molecule has 5 nitrogen and oxygen atoms in total. The van der Waals surface area contributed by atoms with Crippen LogP contribution in [-0.4, -0.2) is 59.5 Å². The molecule has 2 fully saturated rings. The first-order valence-electron chi connectivity index (χ1n) is 7.83. The van der Waals surface area contributed by atoms with Gasteiger partial charge < -0.3 is 10.0 Å². The molecule has 2 rings (SSSR count). The van der Waals surface area contributed by atoms with Crippen LogP contribution in [0.3, 0.4) is 0 Å². The van der Waals surface area contributed by atoms with Gasteiger partial charge in [0.05, 0.1) is 12.5 Å². The van der Waals surface area contributed by atoms with E-state index in [2.05, 4.69) is 11.8 Å². The summed E-state index contributed by atoms with van der Waals surface area (Å²) in [5.74, 6) is -0.0858. The minimum absolute atomic E-state index is 0.172. The second kappa shape index (κ2) is 7.07. The molecular formula is C15H26N2O3. The molecule has 2 aliphatic heterocycles. The van der Waals surface area contributed by atoms with Crippen molar-refractivity contribution in [3.63, 3.8) is 0 Å². The van der Waals surface area contributed by atoms with Crippen molar-refractivity contribution in [1.29, 1.82) is 0 Å². The topological polar surface area (TPSA) is 60.9 Å². The molecule has 2 aliphatic rings. The lowest BCUT2D eigenvalue weighted by molar-refractivity contribution is -0.146. The summed E-state index contributed by atoms with van der Waals surface area (Å²) in [6.07, 6.45) is 4.85. The molecule has 0 bridgehead atoms. The van der Waals surface area contributed by atoms with Gasteiger partial charge in [-0.3, -0.25) is 14.5 Å². The van der Waals surface area contributed by atoms with Gasteiger partial charge in [0.2, 0.25) is 5.91 Å². The highest BCUT2D eigenvalue weighted by Gasteiger charge is 2.28. The van der Waals surface area contributed by atoms with Crippen molar-refractivity contribution < 1.29 is 14.7 Å². The molecule has 0 aromatic carbocycles. The second-order valence-electron chi connectivity index (χ2n) is 6.14. The minimum atomic E-state index is -0.723. The Bertz CT molecular complexity index is 351. The molecule has 1 N–H and O–H groups in total. The largest absolute Gasteiger partial charge is 0.481 e. The maximum Gasteiger partial charge on any atom is 0.306 e. The van der Waals surface area contributed by atoms with E-state index >= 15 is 0 Å². The molecule has 0 aliphatic carbocycles. The zero-order valence-corrected chi connectivity index (χ0v) is 12.4. The fraction of sp³-hybridized carbons (Fsp3) is 0.867. The highest BCUT2D eigenvalue weighted by Crippen LogP contribution is 2.20. The van der Waals surface area contributed by atoms with Crippen molar-refractivity contribution in [1.82, 2.24) is 9.80 Å². The van der Waals surface area contributed by atoms with Crippen molar-refractivity contribution in [3.05, 3.63) is 0 Å². The maximum atomic E-state index is 12.3. The SMILES string of the molecule is CCC1CCCN(CC(=O)N2CCC(C(=O)O)CC2)C1. The first-order valence-corrected chi connectivity index (χ1v) is 7.83. The standard InChI is InChI=1S/C15H26N2O3/c1-2-12-4-3-7-16(10-12)11-14(18)17-8-5-13(6-9-17)15(19)20/h12-13H,2-11H2,1H3,(H,19,20). The van der Waals surface area contributed by atoms with E-state index < -0.39 is 5.97 Å². The third kappa shape index (κ3) is 3.95. The Morgan fingerprint density at radius 3 is 2.45 bits per heavy atom. The summed E-state index contributed by atoms with van der Waals surface area (Å²) in [7, 11) is 0. The molecule has 0 aromatic heterocycles. The quantitative estimate of drug-likeness (QED) is 0.847. The average Bonchev–Trinajstić information content (AvgIpc) is 2.47. The zero-order valence-electron chi connectivity index (χ0n) is 12.4. The molecule has 0 aromatic rings. The number of likely N-dealkylation sites (tertiary alicyclic amines) is 2. The number of carbonyl (C=O) groups excluding carboxylic acids is 1. The van der Waals surface area contributed by atoms with Crippen LogP contribution in [-0.2, 0) is 9.59 Å².